The molecule has 1 fully saturated rings. The normalized spacial score (nSPS) is 19.5. The average Bonchev–Trinajstić information content (AvgIpc) is 3.25. The molecule has 0 aliphatic carbocycles. The molecule has 26 heavy (non-hydrogen) atoms. The van der Waals surface area contributed by atoms with E-state index in [1.54, 1.807) is 6.20 Å². The van der Waals surface area contributed by atoms with E-state index in [4.69, 9.17) is 0 Å². The van der Waals surface area contributed by atoms with Crippen LogP contribution in [0, 0.1) is 6.92 Å². The lowest BCUT2D eigenvalue weighted by Gasteiger charge is -2.19. The van der Waals surface area contributed by atoms with Crippen molar-refractivity contribution >= 4 is 11.8 Å². The predicted octanol–water partition coefficient (Wildman–Crippen LogP) is 2.17. The summed E-state index contributed by atoms with van der Waals surface area (Å²) >= 11 is 0. The van der Waals surface area contributed by atoms with Gasteiger partial charge in [-0.1, -0.05) is 29.8 Å². The molecule has 2 unspecified atom stereocenters. The summed E-state index contributed by atoms with van der Waals surface area (Å²) in [4.78, 5) is 26.1. The second-order valence-electron chi connectivity index (χ2n) is 7.08. The van der Waals surface area contributed by atoms with E-state index in [1.165, 1.54) is 18.1 Å². The second-order valence-corrected chi connectivity index (χ2v) is 7.08. The number of likely N-dealkylation sites (tertiary alicyclic amines) is 1. The number of H-pyrrole nitrogens is 1. The molecular weight excluding hydrogens is 328 g/mol. The quantitative estimate of drug-likeness (QED) is 0.834. The number of carbonyl (C=O) groups is 2. The number of carbonyl (C=O) groups excluding carboxylic acids is 2. The van der Waals surface area contributed by atoms with Crippen LogP contribution in [0.5, 0.6) is 0 Å². The standard InChI is InChI=1S/C20H26N4O2/c1-14-6-8-17(9-7-14)18-12-24(13-19(18)23-15(2)25)20(26)5-3-4-16-10-21-22-11-16/h6-11,18-19H,3-5,12-13H2,1-2H3,(H,21,22)(H,23,25). The van der Waals surface area contributed by atoms with Crippen LogP contribution in [0.25, 0.3) is 0 Å². The highest BCUT2D eigenvalue weighted by atomic mass is 16.2. The van der Waals surface area contributed by atoms with Gasteiger partial charge in [-0.3, -0.25) is 14.7 Å². The lowest BCUT2D eigenvalue weighted by atomic mass is 9.93. The summed E-state index contributed by atoms with van der Waals surface area (Å²) in [6.07, 6.45) is 5.81. The highest BCUT2D eigenvalue weighted by Gasteiger charge is 2.36. The molecule has 2 aromatic rings. The van der Waals surface area contributed by atoms with Crippen LogP contribution in [-0.2, 0) is 16.0 Å². The Labute approximate surface area is 154 Å². The van der Waals surface area contributed by atoms with Gasteiger partial charge in [-0.2, -0.15) is 5.10 Å². The fraction of sp³-hybridized carbons (Fsp3) is 0.450. The Balaban J connectivity index is 1.62. The third kappa shape index (κ3) is 4.50. The molecule has 138 valence electrons. The van der Waals surface area contributed by atoms with Crippen LogP contribution in [-0.4, -0.2) is 46.0 Å². The summed E-state index contributed by atoms with van der Waals surface area (Å²) in [5.41, 5.74) is 3.49. The van der Waals surface area contributed by atoms with E-state index in [0.29, 0.717) is 19.5 Å². The molecule has 0 spiro atoms. The van der Waals surface area contributed by atoms with E-state index in [9.17, 15) is 9.59 Å². The zero-order chi connectivity index (χ0) is 18.5. The third-order valence-corrected chi connectivity index (χ3v) is 4.98. The fourth-order valence-corrected chi connectivity index (χ4v) is 3.58. The van der Waals surface area contributed by atoms with E-state index < -0.39 is 0 Å². The molecule has 0 saturated carbocycles. The average molecular weight is 354 g/mol. The van der Waals surface area contributed by atoms with Crippen molar-refractivity contribution in [1.29, 1.82) is 0 Å². The molecule has 0 radical (unpaired) electrons. The molecule has 2 amide bonds. The molecule has 2 atom stereocenters. The number of rotatable bonds is 6. The zero-order valence-electron chi connectivity index (χ0n) is 15.4. The fourth-order valence-electron chi connectivity index (χ4n) is 3.58. The van der Waals surface area contributed by atoms with E-state index >= 15 is 0 Å². The summed E-state index contributed by atoms with van der Waals surface area (Å²) in [5, 5.41) is 9.74. The second kappa shape index (κ2) is 8.17. The summed E-state index contributed by atoms with van der Waals surface area (Å²) in [7, 11) is 0. The number of hydrogen-bond acceptors (Lipinski definition) is 3. The van der Waals surface area contributed by atoms with Crippen molar-refractivity contribution in [2.75, 3.05) is 13.1 Å². The highest BCUT2D eigenvalue weighted by Crippen LogP contribution is 2.28. The monoisotopic (exact) mass is 354 g/mol. The minimum absolute atomic E-state index is 0.0342. The SMILES string of the molecule is CC(=O)NC1CN(C(=O)CCCc2cn[nH]c2)CC1c1ccc(C)cc1. The minimum atomic E-state index is -0.0543. The molecule has 0 bridgehead atoms. The van der Waals surface area contributed by atoms with Crippen LogP contribution >= 0.6 is 0 Å². The van der Waals surface area contributed by atoms with Crippen molar-refractivity contribution in [2.45, 2.75) is 45.1 Å². The first-order chi connectivity index (χ1) is 12.5. The molecular formula is C20H26N4O2. The minimum Gasteiger partial charge on any atom is -0.351 e. The van der Waals surface area contributed by atoms with E-state index in [0.717, 1.165) is 18.4 Å². The van der Waals surface area contributed by atoms with E-state index in [-0.39, 0.29) is 23.8 Å². The molecule has 3 rings (SSSR count). The van der Waals surface area contributed by atoms with Gasteiger partial charge in [-0.05, 0) is 30.9 Å². The third-order valence-electron chi connectivity index (χ3n) is 4.98. The van der Waals surface area contributed by atoms with Crippen LogP contribution in [0.2, 0.25) is 0 Å². The van der Waals surface area contributed by atoms with Gasteiger partial charge in [0, 0.05) is 38.5 Å². The molecule has 2 heterocycles. The number of aromatic nitrogens is 2. The number of nitrogens with zero attached hydrogens (tertiary/aromatic N) is 2. The van der Waals surface area contributed by atoms with Gasteiger partial charge in [0.25, 0.3) is 0 Å². The molecule has 6 nitrogen and oxygen atoms in total. The van der Waals surface area contributed by atoms with Crippen LogP contribution < -0.4 is 5.32 Å². The van der Waals surface area contributed by atoms with Gasteiger partial charge in [-0.25, -0.2) is 0 Å². The topological polar surface area (TPSA) is 78.1 Å². The van der Waals surface area contributed by atoms with E-state index in [2.05, 4.69) is 46.7 Å². The zero-order valence-corrected chi connectivity index (χ0v) is 15.4. The van der Waals surface area contributed by atoms with Gasteiger partial charge in [0.05, 0.1) is 12.2 Å². The summed E-state index contributed by atoms with van der Waals surface area (Å²) in [6, 6.07) is 8.32. The van der Waals surface area contributed by atoms with Gasteiger partial charge in [0.1, 0.15) is 0 Å². The molecule has 1 saturated heterocycles. The summed E-state index contributed by atoms with van der Waals surface area (Å²) in [5.74, 6) is 0.233. The van der Waals surface area contributed by atoms with Crippen molar-refractivity contribution in [1.82, 2.24) is 20.4 Å². The van der Waals surface area contributed by atoms with Gasteiger partial charge in [0.2, 0.25) is 11.8 Å². The first kappa shape index (κ1) is 18.2. The van der Waals surface area contributed by atoms with Gasteiger partial charge < -0.3 is 10.2 Å². The number of nitrogens with one attached hydrogen (secondary N) is 2. The first-order valence-electron chi connectivity index (χ1n) is 9.12. The van der Waals surface area contributed by atoms with Gasteiger partial charge in [-0.15, -0.1) is 0 Å². The highest BCUT2D eigenvalue weighted by molar-refractivity contribution is 5.77. The molecule has 1 aromatic carbocycles. The number of aryl methyl sites for hydroxylation is 2. The number of amides is 2. The van der Waals surface area contributed by atoms with Crippen LogP contribution in [0.15, 0.2) is 36.7 Å². The predicted molar refractivity (Wildman–Crippen MR) is 99.6 cm³/mol. The maximum atomic E-state index is 12.6. The Kier molecular flexibility index (Phi) is 5.71. The first-order valence-corrected chi connectivity index (χ1v) is 9.12. The smallest absolute Gasteiger partial charge is 0.222 e. The van der Waals surface area contributed by atoms with Crippen molar-refractivity contribution in [3.63, 3.8) is 0 Å². The largest absolute Gasteiger partial charge is 0.351 e. The van der Waals surface area contributed by atoms with Crippen molar-refractivity contribution < 1.29 is 9.59 Å². The van der Waals surface area contributed by atoms with Crippen LogP contribution in [0.1, 0.15) is 42.4 Å². The number of aromatic amines is 1. The van der Waals surface area contributed by atoms with Crippen LogP contribution in [0.3, 0.4) is 0 Å². The van der Waals surface area contributed by atoms with Crippen molar-refractivity contribution in [3.05, 3.63) is 53.3 Å². The molecule has 1 aromatic heterocycles. The lowest BCUT2D eigenvalue weighted by molar-refractivity contribution is -0.130. The Morgan fingerprint density at radius 3 is 2.69 bits per heavy atom. The molecule has 6 heteroatoms. The van der Waals surface area contributed by atoms with Gasteiger partial charge >= 0.3 is 0 Å². The van der Waals surface area contributed by atoms with Crippen LogP contribution in [0.4, 0.5) is 0 Å². The summed E-state index contributed by atoms with van der Waals surface area (Å²) < 4.78 is 0. The molecule has 2 N–H and O–H groups in total. The maximum Gasteiger partial charge on any atom is 0.222 e. The molecule has 1 aliphatic heterocycles. The van der Waals surface area contributed by atoms with E-state index in [1.807, 2.05) is 11.1 Å². The van der Waals surface area contributed by atoms with Gasteiger partial charge in [0.15, 0.2) is 0 Å². The maximum absolute atomic E-state index is 12.6. The Morgan fingerprint density at radius 1 is 1.27 bits per heavy atom. The lowest BCUT2D eigenvalue weighted by Crippen LogP contribution is -2.39. The van der Waals surface area contributed by atoms with Crippen molar-refractivity contribution in [2.24, 2.45) is 0 Å². The molecule has 1 aliphatic rings. The number of hydrogen-bond donors (Lipinski definition) is 2. The number of benzene rings is 1. The Hall–Kier alpha value is -2.63. The van der Waals surface area contributed by atoms with Crippen molar-refractivity contribution in [3.8, 4) is 0 Å². The Bertz CT molecular complexity index is 740. The summed E-state index contributed by atoms with van der Waals surface area (Å²) in [6.45, 7) is 4.81. The Morgan fingerprint density at radius 2 is 2.04 bits per heavy atom.